The number of benzene rings is 2. The molecule has 8 nitrogen and oxygen atoms in total. The second-order valence-corrected chi connectivity index (χ2v) is 6.69. The predicted octanol–water partition coefficient (Wildman–Crippen LogP) is 3.04. The number of carbonyl (C=O) groups is 2. The number of anilines is 1. The molecule has 0 N–H and O–H groups in total. The van der Waals surface area contributed by atoms with Gasteiger partial charge in [0.2, 0.25) is 5.82 Å². The van der Waals surface area contributed by atoms with Crippen LogP contribution in [0.3, 0.4) is 0 Å². The molecule has 154 valence electrons. The van der Waals surface area contributed by atoms with Crippen LogP contribution >= 0.6 is 0 Å². The number of fused-ring (bicyclic) bond motifs is 1. The van der Waals surface area contributed by atoms with Crippen LogP contribution in [0.1, 0.15) is 17.9 Å². The maximum absolute atomic E-state index is 13.7. The van der Waals surface area contributed by atoms with Gasteiger partial charge < -0.3 is 18.9 Å². The molecule has 3 aromatic rings. The number of halogens is 1. The van der Waals surface area contributed by atoms with E-state index in [4.69, 9.17) is 14.0 Å². The average Bonchev–Trinajstić information content (AvgIpc) is 3.22. The first-order chi connectivity index (χ1) is 14.5. The van der Waals surface area contributed by atoms with E-state index in [-0.39, 0.29) is 49.6 Å². The zero-order valence-electron chi connectivity index (χ0n) is 16.1. The Labute approximate surface area is 171 Å². The molecule has 1 amide bonds. The van der Waals surface area contributed by atoms with Crippen molar-refractivity contribution in [1.82, 2.24) is 10.1 Å². The van der Waals surface area contributed by atoms with E-state index in [0.717, 1.165) is 0 Å². The SMILES string of the molecule is Cc1ccc(-c2noc(COC(=O)CCN3C(=O)COc4ccccc43)n2)cc1F. The van der Waals surface area contributed by atoms with Crippen LogP contribution in [0, 0.1) is 12.7 Å². The van der Waals surface area contributed by atoms with Crippen LogP contribution in [-0.2, 0) is 20.9 Å². The lowest BCUT2D eigenvalue weighted by Gasteiger charge is -2.28. The van der Waals surface area contributed by atoms with E-state index in [2.05, 4.69) is 10.1 Å². The number of rotatable bonds is 6. The highest BCUT2D eigenvalue weighted by Gasteiger charge is 2.25. The summed E-state index contributed by atoms with van der Waals surface area (Å²) in [6.07, 6.45) is -0.00968. The third kappa shape index (κ3) is 4.14. The minimum Gasteiger partial charge on any atom is -0.482 e. The topological polar surface area (TPSA) is 94.8 Å². The molecule has 2 aromatic carbocycles. The summed E-state index contributed by atoms with van der Waals surface area (Å²) in [7, 11) is 0. The number of nitrogens with zero attached hydrogens (tertiary/aromatic N) is 3. The largest absolute Gasteiger partial charge is 0.482 e. The van der Waals surface area contributed by atoms with Crippen molar-refractivity contribution in [2.45, 2.75) is 20.0 Å². The van der Waals surface area contributed by atoms with E-state index < -0.39 is 5.97 Å². The van der Waals surface area contributed by atoms with Gasteiger partial charge >= 0.3 is 5.97 Å². The van der Waals surface area contributed by atoms with Crippen molar-refractivity contribution in [3.63, 3.8) is 0 Å². The summed E-state index contributed by atoms with van der Waals surface area (Å²) in [4.78, 5) is 29.8. The number of aryl methyl sites for hydroxylation is 1. The van der Waals surface area contributed by atoms with Crippen LogP contribution in [0.4, 0.5) is 10.1 Å². The van der Waals surface area contributed by atoms with Crippen LogP contribution in [0.15, 0.2) is 47.0 Å². The number of amides is 1. The molecule has 0 spiro atoms. The maximum Gasteiger partial charge on any atom is 0.308 e. The zero-order chi connectivity index (χ0) is 21.1. The first kappa shape index (κ1) is 19.6. The Morgan fingerprint density at radius 2 is 2.10 bits per heavy atom. The molecule has 0 saturated carbocycles. The Morgan fingerprint density at radius 3 is 2.93 bits per heavy atom. The van der Waals surface area contributed by atoms with Crippen LogP contribution in [-0.4, -0.2) is 35.2 Å². The second-order valence-electron chi connectivity index (χ2n) is 6.69. The number of aromatic nitrogens is 2. The zero-order valence-corrected chi connectivity index (χ0v) is 16.1. The van der Waals surface area contributed by atoms with E-state index in [1.54, 1.807) is 37.3 Å². The average molecular weight is 411 g/mol. The van der Waals surface area contributed by atoms with Crippen molar-refractivity contribution in [3.8, 4) is 17.1 Å². The Hall–Kier alpha value is -3.75. The van der Waals surface area contributed by atoms with E-state index in [0.29, 0.717) is 22.6 Å². The molecule has 0 fully saturated rings. The molecule has 4 rings (SSSR count). The third-order valence-corrected chi connectivity index (χ3v) is 4.60. The first-order valence-corrected chi connectivity index (χ1v) is 9.28. The van der Waals surface area contributed by atoms with Crippen molar-refractivity contribution >= 4 is 17.6 Å². The molecule has 0 atom stereocenters. The number of ether oxygens (including phenoxy) is 2. The monoisotopic (exact) mass is 411 g/mol. The molecular formula is C21H18FN3O5. The van der Waals surface area contributed by atoms with Crippen LogP contribution in [0.5, 0.6) is 5.75 Å². The number of para-hydroxylation sites is 2. The molecule has 2 heterocycles. The van der Waals surface area contributed by atoms with Gasteiger partial charge in [-0.05, 0) is 30.7 Å². The summed E-state index contributed by atoms with van der Waals surface area (Å²) in [5.41, 5.74) is 1.59. The molecule has 0 unspecified atom stereocenters. The molecule has 0 aliphatic carbocycles. The highest BCUT2D eigenvalue weighted by atomic mass is 19.1. The molecular weight excluding hydrogens is 393 g/mol. The lowest BCUT2D eigenvalue weighted by Crippen LogP contribution is -2.40. The van der Waals surface area contributed by atoms with E-state index in [1.807, 2.05) is 6.07 Å². The maximum atomic E-state index is 13.7. The molecule has 9 heteroatoms. The minimum absolute atomic E-state index is 0.00968. The molecule has 0 bridgehead atoms. The standard InChI is InChI=1S/C21H18FN3O5/c1-13-6-7-14(10-15(13)22)21-23-18(30-24-21)11-29-20(27)8-9-25-16-4-2-3-5-17(16)28-12-19(25)26/h2-7,10H,8-9,11-12H2,1H3. The van der Waals surface area contributed by atoms with Gasteiger partial charge in [-0.2, -0.15) is 4.98 Å². The van der Waals surface area contributed by atoms with Gasteiger partial charge in [-0.25, -0.2) is 4.39 Å². The Kier molecular flexibility index (Phi) is 5.42. The number of esters is 1. The minimum atomic E-state index is -0.520. The summed E-state index contributed by atoms with van der Waals surface area (Å²) in [6.45, 7) is 1.53. The molecule has 30 heavy (non-hydrogen) atoms. The third-order valence-electron chi connectivity index (χ3n) is 4.60. The van der Waals surface area contributed by atoms with Gasteiger partial charge in [-0.1, -0.05) is 29.4 Å². The Balaban J connectivity index is 1.32. The van der Waals surface area contributed by atoms with Gasteiger partial charge in [0.05, 0.1) is 12.1 Å². The summed E-state index contributed by atoms with van der Waals surface area (Å²) < 4.78 is 29.3. The van der Waals surface area contributed by atoms with Crippen molar-refractivity contribution < 1.29 is 28.0 Å². The van der Waals surface area contributed by atoms with Crippen LogP contribution < -0.4 is 9.64 Å². The smallest absolute Gasteiger partial charge is 0.308 e. The van der Waals surface area contributed by atoms with Crippen molar-refractivity contribution in [1.29, 1.82) is 0 Å². The van der Waals surface area contributed by atoms with Gasteiger partial charge in [-0.3, -0.25) is 9.59 Å². The van der Waals surface area contributed by atoms with Crippen molar-refractivity contribution in [3.05, 3.63) is 59.7 Å². The number of hydrogen-bond acceptors (Lipinski definition) is 7. The summed E-state index contributed by atoms with van der Waals surface area (Å²) in [5, 5.41) is 3.78. The quantitative estimate of drug-likeness (QED) is 0.576. The van der Waals surface area contributed by atoms with E-state index >= 15 is 0 Å². The molecule has 0 saturated heterocycles. The van der Waals surface area contributed by atoms with Gasteiger partial charge in [-0.15, -0.1) is 0 Å². The van der Waals surface area contributed by atoms with Crippen LogP contribution in [0.25, 0.3) is 11.4 Å². The normalized spacial score (nSPS) is 13.0. The summed E-state index contributed by atoms with van der Waals surface area (Å²) in [6, 6.07) is 11.7. The van der Waals surface area contributed by atoms with Gasteiger partial charge in [0.15, 0.2) is 13.2 Å². The van der Waals surface area contributed by atoms with Crippen molar-refractivity contribution in [2.24, 2.45) is 0 Å². The predicted molar refractivity (Wildman–Crippen MR) is 103 cm³/mol. The van der Waals surface area contributed by atoms with E-state index in [9.17, 15) is 14.0 Å². The molecule has 1 aliphatic heterocycles. The Morgan fingerprint density at radius 1 is 1.27 bits per heavy atom. The number of hydrogen-bond donors (Lipinski definition) is 0. The van der Waals surface area contributed by atoms with Crippen LogP contribution in [0.2, 0.25) is 0 Å². The summed E-state index contributed by atoms with van der Waals surface area (Å²) in [5.74, 6) is -0.232. The van der Waals surface area contributed by atoms with Gasteiger partial charge in [0, 0.05) is 12.1 Å². The van der Waals surface area contributed by atoms with Gasteiger partial charge in [0.25, 0.3) is 11.8 Å². The fourth-order valence-corrected chi connectivity index (χ4v) is 2.98. The Bertz CT molecular complexity index is 1100. The molecule has 1 aromatic heterocycles. The molecule has 0 radical (unpaired) electrons. The molecule has 1 aliphatic rings. The fraction of sp³-hybridized carbons (Fsp3) is 0.238. The lowest BCUT2D eigenvalue weighted by atomic mass is 10.1. The summed E-state index contributed by atoms with van der Waals surface area (Å²) >= 11 is 0. The second kappa shape index (κ2) is 8.32. The highest BCUT2D eigenvalue weighted by Crippen LogP contribution is 2.31. The fourth-order valence-electron chi connectivity index (χ4n) is 2.98. The van der Waals surface area contributed by atoms with E-state index in [1.165, 1.54) is 11.0 Å². The van der Waals surface area contributed by atoms with Gasteiger partial charge in [0.1, 0.15) is 11.6 Å². The number of carbonyl (C=O) groups excluding carboxylic acids is 2. The van der Waals surface area contributed by atoms with Crippen molar-refractivity contribution in [2.75, 3.05) is 18.1 Å². The first-order valence-electron chi connectivity index (χ1n) is 9.28. The lowest BCUT2D eigenvalue weighted by molar-refractivity contribution is -0.145. The highest BCUT2D eigenvalue weighted by molar-refractivity contribution is 5.98.